The van der Waals surface area contributed by atoms with Gasteiger partial charge in [-0.15, -0.1) is 12.4 Å². The number of carbonyl (C=O) groups excluding carboxylic acids is 1. The third-order valence-electron chi connectivity index (χ3n) is 5.36. The highest BCUT2D eigenvalue weighted by atomic mass is 35.5. The molecule has 0 saturated heterocycles. The van der Waals surface area contributed by atoms with Gasteiger partial charge in [0.1, 0.15) is 0 Å². The van der Waals surface area contributed by atoms with Crippen LogP contribution in [-0.4, -0.2) is 39.5 Å². The van der Waals surface area contributed by atoms with E-state index in [1.54, 1.807) is 13.1 Å². The smallest absolute Gasteiger partial charge is 0.313 e. The number of nitrogens with zero attached hydrogens (tertiary/aromatic N) is 3. The molecule has 0 aliphatic heterocycles. The topological polar surface area (TPSA) is 82.5 Å². The number of carbonyl (C=O) groups is 1. The number of halogens is 5. The highest BCUT2D eigenvalue weighted by molar-refractivity contribution is 5.85. The molecule has 2 N–H and O–H groups in total. The Morgan fingerprint density at radius 1 is 1.37 bits per heavy atom. The molecule has 1 aliphatic rings. The van der Waals surface area contributed by atoms with E-state index in [0.717, 1.165) is 0 Å². The molecule has 1 saturated carbocycles. The molecule has 2 heterocycles. The van der Waals surface area contributed by atoms with Gasteiger partial charge < -0.3 is 10.5 Å². The Morgan fingerprint density at radius 3 is 2.63 bits per heavy atom. The lowest BCUT2D eigenvalue weighted by Crippen LogP contribution is -2.31. The Bertz CT molecular complexity index is 854. The van der Waals surface area contributed by atoms with E-state index in [-0.39, 0.29) is 43.3 Å². The zero-order valence-electron chi connectivity index (χ0n) is 16.4. The number of fused-ring (bicyclic) bond motifs is 1. The van der Waals surface area contributed by atoms with Crippen LogP contribution in [0.15, 0.2) is 18.5 Å². The summed E-state index contributed by atoms with van der Waals surface area (Å²) in [6.45, 7) is 1.68. The summed E-state index contributed by atoms with van der Waals surface area (Å²) in [4.78, 5) is 16.5. The van der Waals surface area contributed by atoms with E-state index >= 15 is 0 Å². The fourth-order valence-electron chi connectivity index (χ4n) is 3.71. The van der Waals surface area contributed by atoms with E-state index in [9.17, 15) is 22.4 Å². The normalized spacial score (nSPS) is 18.8. The van der Waals surface area contributed by atoms with E-state index in [2.05, 4.69) is 10.1 Å². The van der Waals surface area contributed by atoms with Crippen LogP contribution in [0, 0.1) is 5.92 Å². The van der Waals surface area contributed by atoms with Crippen molar-refractivity contribution in [3.8, 4) is 0 Å². The molecule has 11 heteroatoms. The van der Waals surface area contributed by atoms with Gasteiger partial charge in [0.25, 0.3) is 0 Å². The number of alkyl halides is 4. The SMILES string of the molecule is CCOC(=O)C(CC(F)F)c1cnn2cc([C@@H](N)C3CCC(F)(F)CC3)nc2c1.Cl. The second-order valence-corrected chi connectivity index (χ2v) is 7.41. The highest BCUT2D eigenvalue weighted by Gasteiger charge is 2.37. The lowest BCUT2D eigenvalue weighted by Gasteiger charge is -2.31. The fraction of sp³-hybridized carbons (Fsp3) is 0.632. The molecule has 0 radical (unpaired) electrons. The average molecular weight is 453 g/mol. The van der Waals surface area contributed by atoms with Gasteiger partial charge >= 0.3 is 5.97 Å². The minimum Gasteiger partial charge on any atom is -0.466 e. The second kappa shape index (κ2) is 9.91. The summed E-state index contributed by atoms with van der Waals surface area (Å²) in [5.74, 6) is -4.66. The van der Waals surface area contributed by atoms with Crippen molar-refractivity contribution in [2.24, 2.45) is 11.7 Å². The molecule has 0 spiro atoms. The third-order valence-corrected chi connectivity index (χ3v) is 5.36. The number of hydrogen-bond donors (Lipinski definition) is 1. The first-order valence-electron chi connectivity index (χ1n) is 9.63. The van der Waals surface area contributed by atoms with E-state index in [1.807, 2.05) is 0 Å². The van der Waals surface area contributed by atoms with E-state index in [4.69, 9.17) is 10.5 Å². The number of hydrogen-bond acceptors (Lipinski definition) is 5. The summed E-state index contributed by atoms with van der Waals surface area (Å²) >= 11 is 0. The molecule has 3 rings (SSSR count). The molecule has 168 valence electrons. The van der Waals surface area contributed by atoms with Gasteiger partial charge in [-0.2, -0.15) is 5.10 Å². The molecule has 6 nitrogen and oxygen atoms in total. The van der Waals surface area contributed by atoms with Gasteiger partial charge in [-0.3, -0.25) is 4.79 Å². The lowest BCUT2D eigenvalue weighted by molar-refractivity contribution is -0.146. The standard InChI is InChI=1S/C19H24F4N4O2.ClH/c1-2-29-18(28)13(8-15(20)21)12-7-16-26-14(10-27(16)25-9-12)17(24)11-3-5-19(22,23)6-4-11;/h7,9-11,13,15,17H,2-6,8,24H2,1H3;1H/t13?,17-;/m0./s1. The van der Waals surface area contributed by atoms with E-state index in [1.165, 1.54) is 16.8 Å². The Labute approximate surface area is 177 Å². The molecule has 0 bridgehead atoms. The summed E-state index contributed by atoms with van der Waals surface area (Å²) in [7, 11) is 0. The van der Waals surface area contributed by atoms with E-state index in [0.29, 0.717) is 24.2 Å². The predicted octanol–water partition coefficient (Wildman–Crippen LogP) is 4.28. The molecule has 2 aromatic rings. The maximum atomic E-state index is 13.4. The molecular weight excluding hydrogens is 428 g/mol. The third kappa shape index (κ3) is 5.60. The summed E-state index contributed by atoms with van der Waals surface area (Å²) in [6, 6.07) is 0.973. The quantitative estimate of drug-likeness (QED) is 0.501. The predicted molar refractivity (Wildman–Crippen MR) is 104 cm³/mol. The molecule has 2 atom stereocenters. The monoisotopic (exact) mass is 452 g/mol. The fourth-order valence-corrected chi connectivity index (χ4v) is 3.71. The number of esters is 1. The van der Waals surface area contributed by atoms with Gasteiger partial charge in [0.2, 0.25) is 12.3 Å². The van der Waals surface area contributed by atoms with Crippen LogP contribution in [0.1, 0.15) is 62.2 Å². The van der Waals surface area contributed by atoms with Gasteiger partial charge in [0, 0.05) is 19.3 Å². The van der Waals surface area contributed by atoms with Gasteiger partial charge in [-0.25, -0.2) is 27.1 Å². The largest absolute Gasteiger partial charge is 0.466 e. The highest BCUT2D eigenvalue weighted by Crippen LogP contribution is 2.40. The molecule has 2 aromatic heterocycles. The summed E-state index contributed by atoms with van der Waals surface area (Å²) in [5, 5.41) is 4.15. The van der Waals surface area contributed by atoms with Crippen molar-refractivity contribution in [1.82, 2.24) is 14.6 Å². The Kier molecular flexibility index (Phi) is 8.04. The Morgan fingerprint density at radius 2 is 2.03 bits per heavy atom. The van der Waals surface area contributed by atoms with Crippen molar-refractivity contribution in [3.05, 3.63) is 29.7 Å². The van der Waals surface area contributed by atoms with Crippen molar-refractivity contribution < 1.29 is 27.1 Å². The van der Waals surface area contributed by atoms with Crippen LogP contribution < -0.4 is 5.73 Å². The number of ether oxygens (including phenoxy) is 1. The Hall–Kier alpha value is -1.94. The Balaban J connectivity index is 0.00000320. The van der Waals surface area contributed by atoms with Crippen LogP contribution in [0.5, 0.6) is 0 Å². The lowest BCUT2D eigenvalue weighted by atomic mass is 9.81. The molecule has 0 amide bonds. The van der Waals surface area contributed by atoms with Crippen molar-refractivity contribution in [2.45, 2.75) is 63.3 Å². The van der Waals surface area contributed by atoms with Crippen molar-refractivity contribution in [2.75, 3.05) is 6.61 Å². The van der Waals surface area contributed by atoms with Crippen LogP contribution >= 0.6 is 12.4 Å². The first-order valence-corrected chi connectivity index (χ1v) is 9.63. The number of aromatic nitrogens is 3. The number of nitrogens with two attached hydrogens (primary N) is 1. The van der Waals surface area contributed by atoms with Crippen LogP contribution in [-0.2, 0) is 9.53 Å². The molecule has 1 fully saturated rings. The van der Waals surface area contributed by atoms with Crippen molar-refractivity contribution in [1.29, 1.82) is 0 Å². The second-order valence-electron chi connectivity index (χ2n) is 7.41. The van der Waals surface area contributed by atoms with Crippen LogP contribution in [0.3, 0.4) is 0 Å². The number of rotatable bonds is 7. The van der Waals surface area contributed by atoms with Crippen molar-refractivity contribution in [3.63, 3.8) is 0 Å². The first-order chi connectivity index (χ1) is 13.7. The molecular formula is C19H25ClF4N4O2. The maximum absolute atomic E-state index is 13.4. The van der Waals surface area contributed by atoms with Crippen LogP contribution in [0.2, 0.25) is 0 Å². The first kappa shape index (κ1) is 24.3. The zero-order valence-corrected chi connectivity index (χ0v) is 17.3. The van der Waals surface area contributed by atoms with Gasteiger partial charge in [-0.1, -0.05) is 0 Å². The van der Waals surface area contributed by atoms with Crippen LogP contribution in [0.4, 0.5) is 17.6 Å². The van der Waals surface area contributed by atoms with E-state index < -0.39 is 36.7 Å². The minimum atomic E-state index is -2.69. The maximum Gasteiger partial charge on any atom is 0.313 e. The molecule has 1 unspecified atom stereocenters. The molecule has 30 heavy (non-hydrogen) atoms. The summed E-state index contributed by atoms with van der Waals surface area (Å²) in [5.41, 5.74) is 7.37. The van der Waals surface area contributed by atoms with Crippen LogP contribution in [0.25, 0.3) is 5.65 Å². The summed E-state index contributed by atoms with van der Waals surface area (Å²) in [6.07, 6.45) is -0.224. The van der Waals surface area contributed by atoms with Gasteiger partial charge in [-0.05, 0) is 37.3 Å². The summed E-state index contributed by atoms with van der Waals surface area (Å²) < 4.78 is 59.0. The molecule has 1 aliphatic carbocycles. The van der Waals surface area contributed by atoms with Gasteiger partial charge in [0.05, 0.1) is 36.7 Å². The molecule has 0 aromatic carbocycles. The van der Waals surface area contributed by atoms with Crippen molar-refractivity contribution >= 4 is 24.0 Å². The number of imidazole rings is 1. The average Bonchev–Trinajstić information content (AvgIpc) is 3.09. The minimum absolute atomic E-state index is 0. The zero-order chi connectivity index (χ0) is 21.2. The van der Waals surface area contributed by atoms with Gasteiger partial charge in [0.15, 0.2) is 5.65 Å².